The molecule has 2 aromatic carbocycles. The first-order valence-corrected chi connectivity index (χ1v) is 18.4. The van der Waals surface area contributed by atoms with Gasteiger partial charge >= 0.3 is 6.03 Å². The number of likely N-dealkylation sites (N-methyl/N-ethyl adjacent to an activating group) is 1. The van der Waals surface area contributed by atoms with Crippen molar-refractivity contribution in [3.05, 3.63) is 71.8 Å². The molecule has 2 fully saturated rings. The highest BCUT2D eigenvalue weighted by Gasteiger charge is 2.48. The van der Waals surface area contributed by atoms with Gasteiger partial charge in [-0.15, -0.1) is 0 Å². The van der Waals surface area contributed by atoms with Crippen molar-refractivity contribution >= 4 is 41.2 Å². The van der Waals surface area contributed by atoms with E-state index in [1.807, 2.05) is 44.2 Å². The lowest BCUT2D eigenvalue weighted by molar-refractivity contribution is -0.142. The number of rotatable bonds is 16. The lowest BCUT2D eigenvalue weighted by Gasteiger charge is -2.32. The van der Waals surface area contributed by atoms with Gasteiger partial charge in [-0.25, -0.2) is 9.69 Å². The molecule has 1 heterocycles. The zero-order chi connectivity index (χ0) is 38.2. The van der Waals surface area contributed by atoms with Crippen molar-refractivity contribution in [3.63, 3.8) is 0 Å². The molecule has 0 bridgehead atoms. The molecule has 13 nitrogen and oxygen atoms in total. The molecule has 52 heavy (non-hydrogen) atoms. The molecule has 2 aromatic rings. The number of ketones is 2. The Morgan fingerprint density at radius 3 is 2.06 bits per heavy atom. The Bertz CT molecular complexity index is 1530. The van der Waals surface area contributed by atoms with Crippen LogP contribution < -0.4 is 21.3 Å². The van der Waals surface area contributed by atoms with Crippen LogP contribution in [0.4, 0.5) is 4.79 Å². The van der Waals surface area contributed by atoms with Gasteiger partial charge in [-0.3, -0.25) is 28.8 Å². The second kappa shape index (κ2) is 20.8. The molecule has 3 unspecified atom stereocenters. The van der Waals surface area contributed by atoms with Crippen molar-refractivity contribution in [2.45, 2.75) is 103 Å². The fourth-order valence-corrected chi connectivity index (χ4v) is 6.72. The molecule has 2 aliphatic rings. The summed E-state index contributed by atoms with van der Waals surface area (Å²) in [5.74, 6) is -4.27. The van der Waals surface area contributed by atoms with Gasteiger partial charge in [-0.2, -0.15) is 0 Å². The highest BCUT2D eigenvalue weighted by Crippen LogP contribution is 2.29. The lowest BCUT2D eigenvalue weighted by atomic mass is 9.83. The van der Waals surface area contributed by atoms with Crippen LogP contribution in [-0.2, 0) is 35.3 Å². The SMILES string of the molecule is CC.CCCC(NC(=O)C1CN(Cc2ccccc2)C(=O)N1C(=O)C(NC)C1CCCCC1)C(=O)C(=O)NCC(=O)N[C@H](C(C)=O)c1ccccc1. The predicted molar refractivity (Wildman–Crippen MR) is 197 cm³/mol. The summed E-state index contributed by atoms with van der Waals surface area (Å²) < 4.78 is 0. The summed E-state index contributed by atoms with van der Waals surface area (Å²) in [4.78, 5) is 95.3. The molecule has 13 heteroatoms. The van der Waals surface area contributed by atoms with Crippen LogP contribution in [0, 0.1) is 5.92 Å². The van der Waals surface area contributed by atoms with Crippen molar-refractivity contribution < 1.29 is 33.6 Å². The Balaban J connectivity index is 0.00000358. The molecule has 4 atom stereocenters. The van der Waals surface area contributed by atoms with Crippen molar-refractivity contribution in [1.82, 2.24) is 31.1 Å². The van der Waals surface area contributed by atoms with Gasteiger partial charge in [0.05, 0.1) is 25.2 Å². The molecule has 4 N–H and O–H groups in total. The minimum Gasteiger partial charge on any atom is -0.344 e. The van der Waals surface area contributed by atoms with Crippen LogP contribution in [0.25, 0.3) is 0 Å². The van der Waals surface area contributed by atoms with Crippen molar-refractivity contribution in [2.75, 3.05) is 20.1 Å². The number of carbonyl (C=O) groups excluding carboxylic acids is 7. The van der Waals surface area contributed by atoms with E-state index in [9.17, 15) is 33.6 Å². The van der Waals surface area contributed by atoms with Gasteiger partial charge in [0.1, 0.15) is 12.1 Å². The molecule has 1 aliphatic carbocycles. The van der Waals surface area contributed by atoms with Crippen LogP contribution in [0.1, 0.15) is 89.8 Å². The normalized spacial score (nSPS) is 17.6. The maximum absolute atomic E-state index is 14.1. The number of urea groups is 1. The zero-order valence-corrected chi connectivity index (χ0v) is 31.0. The highest BCUT2D eigenvalue weighted by molar-refractivity contribution is 6.38. The molecule has 0 spiro atoms. The molecule has 1 aliphatic heterocycles. The van der Waals surface area contributed by atoms with Crippen LogP contribution in [0.5, 0.6) is 0 Å². The average molecular weight is 719 g/mol. The van der Waals surface area contributed by atoms with E-state index in [4.69, 9.17) is 0 Å². The largest absolute Gasteiger partial charge is 0.344 e. The number of amides is 6. The summed E-state index contributed by atoms with van der Waals surface area (Å²) in [6, 6.07) is 13.1. The summed E-state index contributed by atoms with van der Waals surface area (Å²) in [6.07, 6.45) is 5.21. The minimum atomic E-state index is -1.27. The second-order valence-corrected chi connectivity index (χ2v) is 13.0. The van der Waals surface area contributed by atoms with Crippen molar-refractivity contribution in [3.8, 4) is 0 Å². The first-order chi connectivity index (χ1) is 25.0. The third kappa shape index (κ3) is 11.0. The molecule has 1 saturated heterocycles. The summed E-state index contributed by atoms with van der Waals surface area (Å²) in [5, 5.41) is 10.6. The lowest BCUT2D eigenvalue weighted by Crippen LogP contribution is -2.58. The Labute approximate surface area is 306 Å². The first kappa shape index (κ1) is 41.5. The van der Waals surface area contributed by atoms with Crippen LogP contribution in [-0.4, -0.2) is 89.3 Å². The number of Topliss-reactive ketones (excluding diaryl/α,β-unsaturated/α-hetero) is 2. The standard InChI is InChI=1S/C37H48N6O7.C2H6/c1-4-14-28(33(46)35(48)39-21-30(45)41-31(24(2)44)26-17-10-6-11-18-26)40-34(47)29-23-42(22-25-15-8-5-9-16-25)37(50)43(29)36(49)32(38-3)27-19-12-7-13-20-27;1-2/h5-6,8-11,15-18,27-29,31-32,38H,4,7,12-14,19-23H2,1-3H3,(H,39,48)(H,40,47)(H,41,45);1-2H3/t28?,29?,31-,32?;/m1./s1. The van der Waals surface area contributed by atoms with E-state index >= 15 is 0 Å². The second-order valence-electron chi connectivity index (χ2n) is 13.0. The fourth-order valence-electron chi connectivity index (χ4n) is 6.72. The van der Waals surface area contributed by atoms with E-state index in [2.05, 4.69) is 21.3 Å². The topological polar surface area (TPSA) is 174 Å². The first-order valence-electron chi connectivity index (χ1n) is 18.4. The Kier molecular flexibility index (Phi) is 16.6. The molecule has 0 aromatic heterocycles. The summed E-state index contributed by atoms with van der Waals surface area (Å²) in [5.41, 5.74) is 1.39. The van der Waals surface area contributed by atoms with Crippen molar-refractivity contribution in [2.24, 2.45) is 5.92 Å². The highest BCUT2D eigenvalue weighted by atomic mass is 16.2. The molecular formula is C39H54N6O7. The average Bonchev–Trinajstić information content (AvgIpc) is 3.49. The quantitative estimate of drug-likeness (QED) is 0.191. The molecule has 282 valence electrons. The van der Waals surface area contributed by atoms with Gasteiger partial charge in [0.25, 0.3) is 5.91 Å². The maximum atomic E-state index is 14.1. The fraction of sp³-hybridized carbons (Fsp3) is 0.513. The number of nitrogens with zero attached hydrogens (tertiary/aromatic N) is 2. The Morgan fingerprint density at radius 2 is 1.48 bits per heavy atom. The van der Waals surface area contributed by atoms with Gasteiger partial charge in [-0.1, -0.05) is 107 Å². The summed E-state index contributed by atoms with van der Waals surface area (Å²) in [6.45, 7) is 6.62. The predicted octanol–water partition coefficient (Wildman–Crippen LogP) is 3.43. The number of hydrogen-bond donors (Lipinski definition) is 4. The monoisotopic (exact) mass is 718 g/mol. The third-order valence-corrected chi connectivity index (χ3v) is 9.32. The van der Waals surface area contributed by atoms with Gasteiger partial charge in [0, 0.05) is 6.54 Å². The number of nitrogens with one attached hydrogen (secondary N) is 4. The molecule has 6 amide bonds. The summed E-state index contributed by atoms with van der Waals surface area (Å²) >= 11 is 0. The smallest absolute Gasteiger partial charge is 0.327 e. The van der Waals surface area contributed by atoms with Crippen molar-refractivity contribution in [1.29, 1.82) is 0 Å². The van der Waals surface area contributed by atoms with Crippen LogP contribution in [0.15, 0.2) is 60.7 Å². The van der Waals surface area contributed by atoms with E-state index in [1.54, 1.807) is 44.3 Å². The third-order valence-electron chi connectivity index (χ3n) is 9.32. The summed E-state index contributed by atoms with van der Waals surface area (Å²) in [7, 11) is 1.67. The zero-order valence-electron chi connectivity index (χ0n) is 31.0. The van der Waals surface area contributed by atoms with Crippen LogP contribution >= 0.6 is 0 Å². The molecule has 4 rings (SSSR count). The van der Waals surface area contributed by atoms with E-state index in [1.165, 1.54) is 11.8 Å². The van der Waals surface area contributed by atoms with E-state index in [0.29, 0.717) is 12.0 Å². The maximum Gasteiger partial charge on any atom is 0.327 e. The number of carbonyl (C=O) groups is 7. The van der Waals surface area contributed by atoms with E-state index in [-0.39, 0.29) is 31.2 Å². The molecule has 1 saturated carbocycles. The Morgan fingerprint density at radius 1 is 0.865 bits per heavy atom. The van der Waals surface area contributed by atoms with Gasteiger partial charge in [0.15, 0.2) is 5.78 Å². The molecule has 0 radical (unpaired) electrons. The van der Waals surface area contributed by atoms with Gasteiger partial charge < -0.3 is 26.2 Å². The Hall–Kier alpha value is -4.91. The van der Waals surface area contributed by atoms with Crippen LogP contribution in [0.2, 0.25) is 0 Å². The number of benzene rings is 2. The molecular weight excluding hydrogens is 664 g/mol. The van der Waals surface area contributed by atoms with Gasteiger partial charge in [-0.05, 0) is 50.3 Å². The number of hydrogen-bond acceptors (Lipinski definition) is 8. The minimum absolute atomic E-state index is 0.00895. The van der Waals surface area contributed by atoms with Gasteiger partial charge in [0.2, 0.25) is 23.5 Å². The van der Waals surface area contributed by atoms with E-state index < -0.39 is 66.2 Å². The van der Waals surface area contributed by atoms with Crippen LogP contribution in [0.3, 0.4) is 0 Å². The van der Waals surface area contributed by atoms with E-state index in [0.717, 1.165) is 42.6 Å². The number of imide groups is 1.